The lowest BCUT2D eigenvalue weighted by Gasteiger charge is -2.35. The molecule has 1 amide bonds. The van der Waals surface area contributed by atoms with Gasteiger partial charge in [0, 0.05) is 25.0 Å². The van der Waals surface area contributed by atoms with Crippen molar-refractivity contribution in [1.29, 1.82) is 0 Å². The third kappa shape index (κ3) is 3.56. The average molecular weight is 278 g/mol. The normalized spacial score (nSPS) is 14.3. The molecule has 20 heavy (non-hydrogen) atoms. The first kappa shape index (κ1) is 16.1. The molecule has 0 saturated carbocycles. The predicted molar refractivity (Wildman–Crippen MR) is 76.4 cm³/mol. The Morgan fingerprint density at radius 3 is 2.35 bits per heavy atom. The number of pyridine rings is 1. The Balaban J connectivity index is 3.10. The maximum absolute atomic E-state index is 12.1. The minimum Gasteiger partial charge on any atom is -0.444 e. The number of nitrogens with zero attached hydrogens (tertiary/aromatic N) is 2. The summed E-state index contributed by atoms with van der Waals surface area (Å²) in [6, 6.07) is 1.84. The molecule has 0 radical (unpaired) electrons. The monoisotopic (exact) mass is 278 g/mol. The van der Waals surface area contributed by atoms with E-state index >= 15 is 0 Å². The van der Waals surface area contributed by atoms with Gasteiger partial charge in [0.15, 0.2) is 0 Å². The number of carbonyl (C=O) groups excluding carboxylic acids is 2. The van der Waals surface area contributed by atoms with Crippen molar-refractivity contribution in [2.45, 2.75) is 45.8 Å². The van der Waals surface area contributed by atoms with Gasteiger partial charge in [-0.1, -0.05) is 6.07 Å². The van der Waals surface area contributed by atoms with Gasteiger partial charge in [-0.05, 0) is 40.2 Å². The van der Waals surface area contributed by atoms with E-state index in [0.29, 0.717) is 5.56 Å². The zero-order chi connectivity index (χ0) is 15.6. The third-order valence-electron chi connectivity index (χ3n) is 3.05. The SMILES string of the molecule is Cc1cncc(C(C)(C=O)N(C)C(=O)OC(C)(C)C)c1. The van der Waals surface area contributed by atoms with Crippen LogP contribution in [0.1, 0.15) is 38.8 Å². The van der Waals surface area contributed by atoms with Gasteiger partial charge in [-0.3, -0.25) is 9.88 Å². The van der Waals surface area contributed by atoms with Gasteiger partial charge in [-0.25, -0.2) is 4.79 Å². The van der Waals surface area contributed by atoms with Crippen LogP contribution in [0.3, 0.4) is 0 Å². The first-order valence-corrected chi connectivity index (χ1v) is 6.45. The Bertz CT molecular complexity index is 508. The average Bonchev–Trinajstić information content (AvgIpc) is 2.34. The van der Waals surface area contributed by atoms with Crippen LogP contribution in [0.5, 0.6) is 0 Å². The van der Waals surface area contributed by atoms with E-state index in [-0.39, 0.29) is 0 Å². The molecule has 1 unspecified atom stereocenters. The van der Waals surface area contributed by atoms with Crippen molar-refractivity contribution in [3.05, 3.63) is 29.6 Å². The predicted octanol–water partition coefficient (Wildman–Crippen LogP) is 2.67. The molecule has 1 aromatic rings. The molecular weight excluding hydrogens is 256 g/mol. The fourth-order valence-corrected chi connectivity index (χ4v) is 1.69. The summed E-state index contributed by atoms with van der Waals surface area (Å²) in [6.45, 7) is 8.90. The number of aromatic nitrogens is 1. The number of rotatable bonds is 3. The van der Waals surface area contributed by atoms with Crippen molar-refractivity contribution in [2.24, 2.45) is 0 Å². The molecule has 1 atom stereocenters. The minimum absolute atomic E-state index is 0.548. The largest absolute Gasteiger partial charge is 0.444 e. The molecule has 0 aliphatic carbocycles. The number of aldehydes is 1. The van der Waals surface area contributed by atoms with E-state index in [0.717, 1.165) is 11.8 Å². The second-order valence-corrected chi connectivity index (χ2v) is 6.06. The van der Waals surface area contributed by atoms with E-state index in [1.54, 1.807) is 47.1 Å². The van der Waals surface area contributed by atoms with Gasteiger partial charge in [0.1, 0.15) is 17.4 Å². The summed E-state index contributed by atoms with van der Waals surface area (Å²) < 4.78 is 5.31. The van der Waals surface area contributed by atoms with Crippen LogP contribution >= 0.6 is 0 Å². The summed E-state index contributed by atoms with van der Waals surface area (Å²) in [5, 5.41) is 0. The van der Waals surface area contributed by atoms with Gasteiger partial charge >= 0.3 is 6.09 Å². The van der Waals surface area contributed by atoms with Crippen LogP contribution in [-0.2, 0) is 15.1 Å². The fourth-order valence-electron chi connectivity index (χ4n) is 1.69. The molecule has 0 spiro atoms. The topological polar surface area (TPSA) is 59.5 Å². The number of amides is 1. The molecular formula is C15H22N2O3. The Morgan fingerprint density at radius 1 is 1.30 bits per heavy atom. The van der Waals surface area contributed by atoms with E-state index in [2.05, 4.69) is 4.98 Å². The first-order valence-electron chi connectivity index (χ1n) is 6.45. The van der Waals surface area contributed by atoms with Crippen molar-refractivity contribution >= 4 is 12.4 Å². The highest BCUT2D eigenvalue weighted by atomic mass is 16.6. The van der Waals surface area contributed by atoms with Crippen molar-refractivity contribution < 1.29 is 14.3 Å². The second kappa shape index (κ2) is 5.61. The van der Waals surface area contributed by atoms with Gasteiger partial charge < -0.3 is 9.53 Å². The highest BCUT2D eigenvalue weighted by molar-refractivity contribution is 5.77. The molecule has 0 N–H and O–H groups in total. The molecule has 0 aliphatic heterocycles. The lowest BCUT2D eigenvalue weighted by Crippen LogP contribution is -2.48. The molecule has 0 bridgehead atoms. The van der Waals surface area contributed by atoms with Gasteiger partial charge in [0.05, 0.1) is 0 Å². The lowest BCUT2D eigenvalue weighted by molar-refractivity contribution is -0.117. The molecule has 5 heteroatoms. The number of ether oxygens (including phenoxy) is 1. The summed E-state index contributed by atoms with van der Waals surface area (Å²) in [5.41, 5.74) is -0.143. The fraction of sp³-hybridized carbons (Fsp3) is 0.533. The van der Waals surface area contributed by atoms with Crippen molar-refractivity contribution in [3.8, 4) is 0 Å². The zero-order valence-electron chi connectivity index (χ0n) is 12.9. The van der Waals surface area contributed by atoms with Gasteiger partial charge in [-0.15, -0.1) is 0 Å². The summed E-state index contributed by atoms with van der Waals surface area (Å²) >= 11 is 0. The van der Waals surface area contributed by atoms with Gasteiger partial charge in [-0.2, -0.15) is 0 Å². The van der Waals surface area contributed by atoms with Crippen LogP contribution in [0.4, 0.5) is 4.79 Å². The quantitative estimate of drug-likeness (QED) is 0.798. The summed E-state index contributed by atoms with van der Waals surface area (Å²) in [6.07, 6.45) is 3.46. The summed E-state index contributed by atoms with van der Waals surface area (Å²) in [4.78, 5) is 29.1. The minimum atomic E-state index is -1.11. The van der Waals surface area contributed by atoms with Crippen LogP contribution in [0.25, 0.3) is 0 Å². The molecule has 0 fully saturated rings. The maximum Gasteiger partial charge on any atom is 0.411 e. The van der Waals surface area contributed by atoms with Crippen molar-refractivity contribution in [1.82, 2.24) is 9.88 Å². The molecule has 0 aliphatic rings. The number of likely N-dealkylation sites (N-methyl/N-ethyl adjacent to an activating group) is 1. The zero-order valence-corrected chi connectivity index (χ0v) is 12.9. The molecule has 110 valence electrons. The standard InChI is InChI=1S/C15H22N2O3/c1-11-7-12(9-16-8-11)15(5,10-18)17(6)13(19)20-14(2,3)4/h7-10H,1-6H3. The Hall–Kier alpha value is -1.91. The highest BCUT2D eigenvalue weighted by Crippen LogP contribution is 2.26. The first-order chi connectivity index (χ1) is 9.10. The van der Waals surface area contributed by atoms with Gasteiger partial charge in [0.25, 0.3) is 0 Å². The Morgan fingerprint density at radius 2 is 1.90 bits per heavy atom. The van der Waals surface area contributed by atoms with E-state index in [1.807, 2.05) is 13.0 Å². The Labute approximate surface area is 119 Å². The Kier molecular flexibility index (Phi) is 4.53. The van der Waals surface area contributed by atoms with Crippen molar-refractivity contribution in [3.63, 3.8) is 0 Å². The van der Waals surface area contributed by atoms with Crippen LogP contribution in [0.2, 0.25) is 0 Å². The van der Waals surface area contributed by atoms with E-state index in [9.17, 15) is 9.59 Å². The van der Waals surface area contributed by atoms with E-state index < -0.39 is 17.2 Å². The maximum atomic E-state index is 12.1. The summed E-state index contributed by atoms with van der Waals surface area (Å²) in [7, 11) is 1.55. The van der Waals surface area contributed by atoms with E-state index in [4.69, 9.17) is 4.74 Å². The molecule has 0 aromatic carbocycles. The number of aryl methyl sites for hydroxylation is 1. The van der Waals surface area contributed by atoms with E-state index in [1.165, 1.54) is 4.90 Å². The number of carbonyl (C=O) groups is 2. The second-order valence-electron chi connectivity index (χ2n) is 6.06. The van der Waals surface area contributed by atoms with Crippen molar-refractivity contribution in [2.75, 3.05) is 7.05 Å². The van der Waals surface area contributed by atoms with Crippen LogP contribution < -0.4 is 0 Å². The lowest BCUT2D eigenvalue weighted by atomic mass is 9.93. The molecule has 0 saturated heterocycles. The molecule has 1 aromatic heterocycles. The smallest absolute Gasteiger partial charge is 0.411 e. The molecule has 1 heterocycles. The van der Waals surface area contributed by atoms with Crippen LogP contribution in [0.15, 0.2) is 18.5 Å². The molecule has 5 nitrogen and oxygen atoms in total. The van der Waals surface area contributed by atoms with Crippen LogP contribution in [-0.4, -0.2) is 34.9 Å². The third-order valence-corrected chi connectivity index (χ3v) is 3.05. The van der Waals surface area contributed by atoms with Gasteiger partial charge in [0.2, 0.25) is 0 Å². The molecule has 1 rings (SSSR count). The number of hydrogen-bond donors (Lipinski definition) is 0. The number of hydrogen-bond acceptors (Lipinski definition) is 4. The summed E-state index contributed by atoms with van der Waals surface area (Å²) in [5.74, 6) is 0. The van der Waals surface area contributed by atoms with Crippen LogP contribution in [0, 0.1) is 6.92 Å². The highest BCUT2D eigenvalue weighted by Gasteiger charge is 2.37.